The molecule has 1 saturated heterocycles. The molecule has 0 unspecified atom stereocenters. The van der Waals surface area contributed by atoms with E-state index >= 15 is 0 Å². The molecule has 2 aromatic carbocycles. The predicted octanol–water partition coefficient (Wildman–Crippen LogP) is 3.87. The maximum atomic E-state index is 13.2. The number of nitrogens with zero attached hydrogens (tertiary/aromatic N) is 3. The van der Waals surface area contributed by atoms with Crippen LogP contribution in [0.3, 0.4) is 0 Å². The number of sulfonamides is 1. The fraction of sp³-hybridized carbons (Fsp3) is 0.348. The Kier molecular flexibility index (Phi) is 6.75. The van der Waals surface area contributed by atoms with Crippen molar-refractivity contribution in [2.24, 2.45) is 0 Å². The van der Waals surface area contributed by atoms with Crippen LogP contribution in [0, 0.1) is 6.92 Å². The van der Waals surface area contributed by atoms with Gasteiger partial charge in [-0.05, 0) is 43.2 Å². The van der Waals surface area contributed by atoms with Crippen molar-refractivity contribution in [3.63, 3.8) is 0 Å². The zero-order valence-electron chi connectivity index (χ0n) is 18.6. The molecule has 3 aromatic rings. The lowest BCUT2D eigenvalue weighted by Gasteiger charge is -2.21. The van der Waals surface area contributed by atoms with Crippen molar-refractivity contribution < 1.29 is 22.5 Å². The Morgan fingerprint density at radius 1 is 1.09 bits per heavy atom. The number of benzene rings is 2. The Morgan fingerprint density at radius 2 is 1.82 bits per heavy atom. The van der Waals surface area contributed by atoms with Crippen LogP contribution in [0.15, 0.2) is 51.9 Å². The molecule has 0 saturated carbocycles. The summed E-state index contributed by atoms with van der Waals surface area (Å²) in [6.07, 6.45) is 3.69. The van der Waals surface area contributed by atoms with Gasteiger partial charge in [-0.3, -0.25) is 4.79 Å². The summed E-state index contributed by atoms with van der Waals surface area (Å²) in [4.78, 5) is 17.5. The normalized spacial score (nSPS) is 15.1. The highest BCUT2D eigenvalue weighted by Gasteiger charge is 2.27. The van der Waals surface area contributed by atoms with Crippen molar-refractivity contribution >= 4 is 21.6 Å². The molecule has 33 heavy (non-hydrogen) atoms. The molecule has 1 fully saturated rings. The lowest BCUT2D eigenvalue weighted by Crippen LogP contribution is -2.32. The lowest BCUT2D eigenvalue weighted by atomic mass is 10.1. The molecule has 1 aliphatic rings. The average molecular weight is 471 g/mol. The number of aromatic nitrogens is 2. The molecular weight excluding hydrogens is 444 g/mol. The molecule has 9 nitrogen and oxygen atoms in total. The van der Waals surface area contributed by atoms with E-state index in [1.807, 2.05) is 0 Å². The lowest BCUT2D eigenvalue weighted by molar-refractivity contribution is 0.102. The summed E-state index contributed by atoms with van der Waals surface area (Å²) in [5.74, 6) is 0.509. The molecule has 1 aromatic heterocycles. The second-order valence-electron chi connectivity index (χ2n) is 7.82. The number of rotatable bonds is 6. The Balaban J connectivity index is 1.66. The minimum absolute atomic E-state index is 0.0671. The Labute approximate surface area is 192 Å². The maximum Gasteiger partial charge on any atom is 0.259 e. The van der Waals surface area contributed by atoms with Crippen molar-refractivity contribution in [3.05, 3.63) is 53.9 Å². The van der Waals surface area contributed by atoms with Crippen molar-refractivity contribution in [2.75, 3.05) is 25.5 Å². The van der Waals surface area contributed by atoms with E-state index in [0.29, 0.717) is 36.1 Å². The first-order valence-electron chi connectivity index (χ1n) is 10.8. The number of aryl methyl sites for hydroxylation is 1. The highest BCUT2D eigenvalue weighted by molar-refractivity contribution is 7.89. The average Bonchev–Trinajstić information content (AvgIpc) is 3.07. The highest BCUT2D eigenvalue weighted by Crippen LogP contribution is 2.29. The third-order valence-corrected chi connectivity index (χ3v) is 7.46. The fourth-order valence-corrected chi connectivity index (χ4v) is 5.39. The van der Waals surface area contributed by atoms with Crippen LogP contribution < -0.4 is 10.1 Å². The van der Waals surface area contributed by atoms with Gasteiger partial charge in [-0.25, -0.2) is 8.42 Å². The van der Waals surface area contributed by atoms with Gasteiger partial charge < -0.3 is 14.6 Å². The number of amides is 1. The summed E-state index contributed by atoms with van der Waals surface area (Å²) in [7, 11) is -2.29. The second-order valence-corrected chi connectivity index (χ2v) is 9.76. The SMILES string of the molecule is COc1ccc(S(=O)(=O)N2CCCCCC2)cc1C(=O)Nc1ccccc1-c1noc(C)n1. The Morgan fingerprint density at radius 3 is 2.48 bits per heavy atom. The van der Waals surface area contributed by atoms with Crippen LogP contribution in [-0.2, 0) is 10.0 Å². The smallest absolute Gasteiger partial charge is 0.259 e. The predicted molar refractivity (Wildman–Crippen MR) is 123 cm³/mol. The number of carbonyl (C=O) groups is 1. The van der Waals surface area contributed by atoms with E-state index in [1.165, 1.54) is 29.6 Å². The zero-order valence-corrected chi connectivity index (χ0v) is 19.4. The molecule has 174 valence electrons. The van der Waals surface area contributed by atoms with Crippen LogP contribution in [0.25, 0.3) is 11.4 Å². The zero-order chi connectivity index (χ0) is 23.4. The molecule has 2 heterocycles. The molecule has 1 aliphatic heterocycles. The number of nitrogens with one attached hydrogen (secondary N) is 1. The van der Waals surface area contributed by atoms with E-state index in [-0.39, 0.29) is 16.2 Å². The van der Waals surface area contributed by atoms with E-state index in [1.54, 1.807) is 31.2 Å². The maximum absolute atomic E-state index is 13.2. The van der Waals surface area contributed by atoms with Gasteiger partial charge in [0.05, 0.1) is 23.3 Å². The molecule has 1 amide bonds. The summed E-state index contributed by atoms with van der Waals surface area (Å²) in [5, 5.41) is 6.75. The summed E-state index contributed by atoms with van der Waals surface area (Å²) in [6, 6.07) is 11.4. The number of methoxy groups -OCH3 is 1. The minimum Gasteiger partial charge on any atom is -0.496 e. The fourth-order valence-electron chi connectivity index (χ4n) is 3.84. The third kappa shape index (κ3) is 4.91. The highest BCUT2D eigenvalue weighted by atomic mass is 32.2. The van der Waals surface area contributed by atoms with Gasteiger partial charge in [-0.15, -0.1) is 0 Å². The molecule has 0 aliphatic carbocycles. The first-order chi connectivity index (χ1) is 15.9. The molecule has 0 spiro atoms. The molecule has 0 radical (unpaired) electrons. The molecule has 4 rings (SSSR count). The number of carbonyl (C=O) groups excluding carboxylic acids is 1. The largest absolute Gasteiger partial charge is 0.496 e. The minimum atomic E-state index is -3.72. The molecule has 10 heteroatoms. The molecule has 0 bridgehead atoms. The van der Waals surface area contributed by atoms with Crippen LogP contribution in [-0.4, -0.2) is 49.0 Å². The summed E-state index contributed by atoms with van der Waals surface area (Å²) in [5.41, 5.74) is 1.16. The molecule has 1 N–H and O–H groups in total. The van der Waals surface area contributed by atoms with Gasteiger partial charge in [0.2, 0.25) is 21.7 Å². The number of para-hydroxylation sites is 1. The Bertz CT molecular complexity index is 1250. The van der Waals surface area contributed by atoms with Gasteiger partial charge in [0.25, 0.3) is 5.91 Å². The quantitative estimate of drug-likeness (QED) is 0.581. The van der Waals surface area contributed by atoms with Crippen LogP contribution in [0.1, 0.15) is 41.9 Å². The van der Waals surface area contributed by atoms with Crippen LogP contribution in [0.4, 0.5) is 5.69 Å². The summed E-state index contributed by atoms with van der Waals surface area (Å²) in [6.45, 7) is 2.64. The summed E-state index contributed by atoms with van der Waals surface area (Å²) >= 11 is 0. The number of anilines is 1. The van der Waals surface area contributed by atoms with Gasteiger partial charge >= 0.3 is 0 Å². The van der Waals surface area contributed by atoms with Gasteiger partial charge in [-0.1, -0.05) is 30.1 Å². The second kappa shape index (κ2) is 9.72. The molecular formula is C23H26N4O5S. The van der Waals surface area contributed by atoms with E-state index in [2.05, 4.69) is 15.5 Å². The number of hydrogen-bond acceptors (Lipinski definition) is 7. The van der Waals surface area contributed by atoms with Gasteiger partial charge in [-0.2, -0.15) is 9.29 Å². The van der Waals surface area contributed by atoms with E-state index in [9.17, 15) is 13.2 Å². The Hall–Kier alpha value is -3.24. The van der Waals surface area contributed by atoms with E-state index < -0.39 is 15.9 Å². The van der Waals surface area contributed by atoms with Gasteiger partial charge in [0.1, 0.15) is 5.75 Å². The van der Waals surface area contributed by atoms with Crippen LogP contribution in [0.2, 0.25) is 0 Å². The summed E-state index contributed by atoms with van der Waals surface area (Å²) < 4.78 is 38.4. The van der Waals surface area contributed by atoms with Crippen molar-refractivity contribution in [1.82, 2.24) is 14.4 Å². The van der Waals surface area contributed by atoms with Gasteiger partial charge in [0, 0.05) is 25.6 Å². The van der Waals surface area contributed by atoms with Crippen molar-refractivity contribution in [1.29, 1.82) is 0 Å². The van der Waals surface area contributed by atoms with Gasteiger partial charge in [0.15, 0.2) is 0 Å². The monoisotopic (exact) mass is 470 g/mol. The standard InChI is InChI=1S/C23H26N4O5S/c1-16-24-22(26-32-16)18-9-5-6-10-20(18)25-23(28)19-15-17(11-12-21(19)31-2)33(29,30)27-13-7-3-4-8-14-27/h5-6,9-12,15H,3-4,7-8,13-14H2,1-2H3,(H,25,28). The van der Waals surface area contributed by atoms with E-state index in [0.717, 1.165) is 25.7 Å². The van der Waals surface area contributed by atoms with Crippen molar-refractivity contribution in [2.45, 2.75) is 37.5 Å². The van der Waals surface area contributed by atoms with Crippen LogP contribution >= 0.6 is 0 Å². The third-order valence-electron chi connectivity index (χ3n) is 5.56. The first kappa shape index (κ1) is 22.9. The number of ether oxygens (including phenoxy) is 1. The first-order valence-corrected chi connectivity index (χ1v) is 12.2. The molecule has 0 atom stereocenters. The van der Waals surface area contributed by atoms with E-state index in [4.69, 9.17) is 9.26 Å². The van der Waals surface area contributed by atoms with Crippen molar-refractivity contribution in [3.8, 4) is 17.1 Å². The van der Waals surface area contributed by atoms with Crippen LogP contribution in [0.5, 0.6) is 5.75 Å². The topological polar surface area (TPSA) is 115 Å². The number of hydrogen-bond donors (Lipinski definition) is 1.